The van der Waals surface area contributed by atoms with Crippen LogP contribution in [0.2, 0.25) is 0 Å². The Labute approximate surface area is 168 Å². The predicted molar refractivity (Wildman–Crippen MR) is 115 cm³/mol. The van der Waals surface area contributed by atoms with E-state index in [4.69, 9.17) is 9.72 Å². The maximum absolute atomic E-state index is 13.3. The molecule has 4 aromatic rings. The quantitative estimate of drug-likeness (QED) is 0.492. The highest BCUT2D eigenvalue weighted by Crippen LogP contribution is 2.16. The van der Waals surface area contributed by atoms with E-state index < -0.39 is 0 Å². The van der Waals surface area contributed by atoms with Gasteiger partial charge in [-0.05, 0) is 36.2 Å². The molecule has 4 rings (SSSR count). The van der Waals surface area contributed by atoms with Crippen LogP contribution in [0.25, 0.3) is 21.9 Å². The van der Waals surface area contributed by atoms with Crippen molar-refractivity contribution in [3.8, 4) is 5.75 Å². The molecule has 2 heterocycles. The third-order valence-corrected chi connectivity index (χ3v) is 5.38. The van der Waals surface area contributed by atoms with Crippen LogP contribution in [0.15, 0.2) is 58.1 Å². The van der Waals surface area contributed by atoms with E-state index in [0.717, 1.165) is 16.8 Å². The van der Waals surface area contributed by atoms with Crippen LogP contribution in [0.5, 0.6) is 5.75 Å². The van der Waals surface area contributed by atoms with Crippen LogP contribution in [0.1, 0.15) is 18.3 Å². The molecule has 0 fully saturated rings. The Bertz CT molecular complexity index is 1320. The van der Waals surface area contributed by atoms with E-state index in [1.807, 2.05) is 61.0 Å². The summed E-state index contributed by atoms with van der Waals surface area (Å²) < 4.78 is 8.67. The zero-order valence-electron chi connectivity index (χ0n) is 16.8. The van der Waals surface area contributed by atoms with E-state index in [1.54, 1.807) is 17.7 Å². The molecule has 0 aliphatic rings. The normalized spacial score (nSPS) is 11.3. The number of ether oxygens (including phenoxy) is 1. The van der Waals surface area contributed by atoms with E-state index in [0.29, 0.717) is 36.2 Å². The Hall–Kier alpha value is -3.41. The first kappa shape index (κ1) is 18.9. The highest BCUT2D eigenvalue weighted by atomic mass is 16.5. The van der Waals surface area contributed by atoms with Gasteiger partial charge in [0.1, 0.15) is 17.0 Å². The van der Waals surface area contributed by atoms with Crippen LogP contribution < -0.4 is 15.7 Å². The monoisotopic (exact) mass is 389 g/mol. The Kier molecular flexibility index (Phi) is 4.92. The lowest BCUT2D eigenvalue weighted by Gasteiger charge is -2.15. The van der Waals surface area contributed by atoms with Crippen LogP contribution in [-0.4, -0.2) is 21.2 Å². The number of hydrogen-bond donors (Lipinski definition) is 0. The Morgan fingerprint density at radius 3 is 2.45 bits per heavy atom. The standard InChI is InChI=1S/C23H23N3O3/c1-4-19-24-22-20(21(27)17-7-5-6-8-18(17)25(22)2)23(28)26(19)14-13-15-9-11-16(29-3)12-10-15/h5-12H,4,13-14H2,1-3H3. The van der Waals surface area contributed by atoms with Gasteiger partial charge in [-0.2, -0.15) is 0 Å². The number of para-hydroxylation sites is 1. The molecule has 6 nitrogen and oxygen atoms in total. The lowest BCUT2D eigenvalue weighted by Crippen LogP contribution is -2.31. The van der Waals surface area contributed by atoms with Crippen LogP contribution >= 0.6 is 0 Å². The van der Waals surface area contributed by atoms with E-state index in [-0.39, 0.29) is 16.4 Å². The maximum Gasteiger partial charge on any atom is 0.266 e. The lowest BCUT2D eigenvalue weighted by molar-refractivity contribution is 0.414. The molecule has 0 aliphatic carbocycles. The van der Waals surface area contributed by atoms with Gasteiger partial charge in [-0.1, -0.05) is 31.2 Å². The van der Waals surface area contributed by atoms with Gasteiger partial charge in [-0.15, -0.1) is 0 Å². The molecule has 2 aromatic carbocycles. The Balaban J connectivity index is 1.86. The summed E-state index contributed by atoms with van der Waals surface area (Å²) in [7, 11) is 3.48. The molecule has 6 heteroatoms. The van der Waals surface area contributed by atoms with Gasteiger partial charge in [-0.25, -0.2) is 4.98 Å². The fraction of sp³-hybridized carbons (Fsp3) is 0.261. The van der Waals surface area contributed by atoms with Gasteiger partial charge in [0.25, 0.3) is 5.56 Å². The van der Waals surface area contributed by atoms with Crippen molar-refractivity contribution in [2.24, 2.45) is 7.05 Å². The van der Waals surface area contributed by atoms with Gasteiger partial charge < -0.3 is 9.30 Å². The van der Waals surface area contributed by atoms with Crippen molar-refractivity contribution in [3.05, 3.63) is 80.5 Å². The molecule has 29 heavy (non-hydrogen) atoms. The second-order valence-corrected chi connectivity index (χ2v) is 7.04. The maximum atomic E-state index is 13.3. The zero-order chi connectivity index (χ0) is 20.5. The summed E-state index contributed by atoms with van der Waals surface area (Å²) in [6, 6.07) is 15.1. The number of aryl methyl sites for hydroxylation is 3. The molecular formula is C23H23N3O3. The van der Waals surface area contributed by atoms with E-state index in [2.05, 4.69) is 0 Å². The molecule has 0 saturated carbocycles. The number of pyridine rings is 1. The largest absolute Gasteiger partial charge is 0.497 e. The average molecular weight is 389 g/mol. The molecule has 0 aliphatic heterocycles. The molecule has 0 amide bonds. The van der Waals surface area contributed by atoms with E-state index in [9.17, 15) is 9.59 Å². The third kappa shape index (κ3) is 3.20. The van der Waals surface area contributed by atoms with Gasteiger partial charge in [0.05, 0.1) is 12.6 Å². The number of hydrogen-bond acceptors (Lipinski definition) is 4. The molecule has 0 atom stereocenters. The molecule has 0 bridgehead atoms. The predicted octanol–water partition coefficient (Wildman–Crippen LogP) is 3.06. The summed E-state index contributed by atoms with van der Waals surface area (Å²) in [5, 5.41) is 0.686. The van der Waals surface area contributed by atoms with E-state index in [1.165, 1.54) is 0 Å². The van der Waals surface area contributed by atoms with E-state index >= 15 is 0 Å². The molecule has 0 spiro atoms. The van der Waals surface area contributed by atoms with Crippen molar-refractivity contribution in [2.75, 3.05) is 7.11 Å². The van der Waals surface area contributed by atoms with Crippen LogP contribution in [0, 0.1) is 0 Å². The minimum Gasteiger partial charge on any atom is -0.497 e. The summed E-state index contributed by atoms with van der Waals surface area (Å²) in [4.78, 5) is 31.1. The average Bonchev–Trinajstić information content (AvgIpc) is 2.76. The zero-order valence-corrected chi connectivity index (χ0v) is 16.8. The fourth-order valence-corrected chi connectivity index (χ4v) is 3.77. The Morgan fingerprint density at radius 1 is 1.03 bits per heavy atom. The van der Waals surface area contributed by atoms with Gasteiger partial charge >= 0.3 is 0 Å². The topological polar surface area (TPSA) is 66.1 Å². The highest BCUT2D eigenvalue weighted by Gasteiger charge is 2.17. The summed E-state index contributed by atoms with van der Waals surface area (Å²) in [6.07, 6.45) is 1.27. The van der Waals surface area contributed by atoms with Gasteiger partial charge in [0, 0.05) is 25.4 Å². The first-order valence-electron chi connectivity index (χ1n) is 9.69. The number of methoxy groups -OCH3 is 1. The summed E-state index contributed by atoms with van der Waals surface area (Å²) in [5.41, 5.74) is 1.77. The van der Waals surface area contributed by atoms with Crippen molar-refractivity contribution < 1.29 is 4.74 Å². The van der Waals surface area contributed by atoms with Crippen molar-refractivity contribution in [2.45, 2.75) is 26.3 Å². The second-order valence-electron chi connectivity index (χ2n) is 7.04. The highest BCUT2D eigenvalue weighted by molar-refractivity contribution is 5.91. The Morgan fingerprint density at radius 2 is 1.76 bits per heavy atom. The number of fused-ring (bicyclic) bond motifs is 2. The minimum atomic E-state index is -0.272. The molecular weight excluding hydrogens is 366 g/mol. The SMILES string of the molecule is CCc1nc2c(c(=O)c3ccccc3n2C)c(=O)n1CCc1ccc(OC)cc1. The van der Waals surface area contributed by atoms with Crippen LogP contribution in [-0.2, 0) is 26.4 Å². The molecule has 0 saturated heterocycles. The van der Waals surface area contributed by atoms with Gasteiger partial charge in [0.2, 0.25) is 5.43 Å². The third-order valence-electron chi connectivity index (χ3n) is 5.38. The van der Waals surface area contributed by atoms with Gasteiger partial charge in [-0.3, -0.25) is 14.2 Å². The molecule has 0 unspecified atom stereocenters. The minimum absolute atomic E-state index is 0.151. The van der Waals surface area contributed by atoms with Crippen molar-refractivity contribution in [3.63, 3.8) is 0 Å². The summed E-state index contributed by atoms with van der Waals surface area (Å²) in [5.74, 6) is 1.48. The summed E-state index contributed by atoms with van der Waals surface area (Å²) >= 11 is 0. The lowest BCUT2D eigenvalue weighted by atomic mass is 10.1. The van der Waals surface area contributed by atoms with Gasteiger partial charge in [0.15, 0.2) is 5.65 Å². The van der Waals surface area contributed by atoms with Crippen LogP contribution in [0.3, 0.4) is 0 Å². The number of benzene rings is 2. The number of aromatic nitrogens is 3. The molecule has 0 radical (unpaired) electrons. The molecule has 0 N–H and O–H groups in total. The van der Waals surface area contributed by atoms with Crippen molar-refractivity contribution >= 4 is 21.9 Å². The second kappa shape index (κ2) is 7.54. The smallest absolute Gasteiger partial charge is 0.266 e. The first-order valence-corrected chi connectivity index (χ1v) is 9.69. The molecule has 2 aromatic heterocycles. The van der Waals surface area contributed by atoms with Crippen LogP contribution in [0.4, 0.5) is 0 Å². The molecule has 148 valence electrons. The fourth-order valence-electron chi connectivity index (χ4n) is 3.77. The number of nitrogens with zero attached hydrogens (tertiary/aromatic N) is 3. The first-order chi connectivity index (χ1) is 14.0. The number of rotatable bonds is 5. The van der Waals surface area contributed by atoms with Crippen molar-refractivity contribution in [1.82, 2.24) is 14.1 Å². The summed E-state index contributed by atoms with van der Waals surface area (Å²) in [6.45, 7) is 2.43. The van der Waals surface area contributed by atoms with Crippen molar-refractivity contribution in [1.29, 1.82) is 0 Å².